The van der Waals surface area contributed by atoms with Gasteiger partial charge >= 0.3 is 0 Å². The number of hydrogen-bond donors (Lipinski definition) is 1. The van der Waals surface area contributed by atoms with Gasteiger partial charge < -0.3 is 0 Å². The quantitative estimate of drug-likeness (QED) is 0.609. The number of nitrogens with zero attached hydrogens (tertiary/aromatic N) is 2. The molecule has 4 aromatic rings. The molecule has 0 atom stereocenters. The van der Waals surface area contributed by atoms with Gasteiger partial charge in [-0.05, 0) is 47.2 Å². The molecule has 2 aromatic heterocycles. The molecule has 0 saturated carbocycles. The molecule has 0 aliphatic heterocycles. The predicted molar refractivity (Wildman–Crippen MR) is 90.0 cm³/mol. The fourth-order valence-corrected chi connectivity index (χ4v) is 3.07. The Kier molecular flexibility index (Phi) is 3.30. The van der Waals surface area contributed by atoms with Gasteiger partial charge in [-0.1, -0.05) is 25.1 Å². The lowest BCUT2D eigenvalue weighted by Gasteiger charge is -2.08. The monoisotopic (exact) mass is 305 g/mol. The Balaban J connectivity index is 1.79. The van der Waals surface area contributed by atoms with E-state index in [2.05, 4.69) is 28.2 Å². The first kappa shape index (κ1) is 13.9. The number of fused-ring (bicyclic) bond motifs is 2. The highest BCUT2D eigenvalue weighted by Gasteiger charge is 2.10. The minimum Gasteiger partial charge on any atom is -0.279 e. The van der Waals surface area contributed by atoms with Crippen molar-refractivity contribution in [3.8, 4) is 0 Å². The lowest BCUT2D eigenvalue weighted by Crippen LogP contribution is -1.93. The second-order valence-corrected chi connectivity index (χ2v) is 5.69. The van der Waals surface area contributed by atoms with Gasteiger partial charge in [-0.3, -0.25) is 10.1 Å². The average molecular weight is 305 g/mol. The Morgan fingerprint density at radius 2 is 2.00 bits per heavy atom. The maximum atomic E-state index is 14.2. The highest BCUT2D eigenvalue weighted by Crippen LogP contribution is 2.25. The van der Waals surface area contributed by atoms with Crippen LogP contribution in [-0.2, 0) is 12.8 Å². The van der Waals surface area contributed by atoms with Crippen LogP contribution in [0.3, 0.4) is 0 Å². The first-order valence-electron chi connectivity index (χ1n) is 7.74. The lowest BCUT2D eigenvalue weighted by molar-refractivity contribution is 0.639. The van der Waals surface area contributed by atoms with Crippen molar-refractivity contribution in [2.45, 2.75) is 19.8 Å². The van der Waals surface area contributed by atoms with Gasteiger partial charge in [-0.2, -0.15) is 5.10 Å². The van der Waals surface area contributed by atoms with Gasteiger partial charge in [0, 0.05) is 18.0 Å². The summed E-state index contributed by atoms with van der Waals surface area (Å²) >= 11 is 0. The van der Waals surface area contributed by atoms with Crippen LogP contribution in [0.4, 0.5) is 4.39 Å². The SMILES string of the molecule is CCc1ccc(F)c2cc(Cc3[nH]nc4cccnc34)ccc12. The minimum absolute atomic E-state index is 0.174. The number of rotatable bonds is 3. The predicted octanol–water partition coefficient (Wildman–Crippen LogP) is 4.40. The molecule has 23 heavy (non-hydrogen) atoms. The summed E-state index contributed by atoms with van der Waals surface area (Å²) in [6.45, 7) is 2.09. The van der Waals surface area contributed by atoms with Crippen LogP contribution in [0, 0.1) is 5.82 Å². The third kappa shape index (κ3) is 2.36. The molecule has 114 valence electrons. The summed E-state index contributed by atoms with van der Waals surface area (Å²) in [6, 6.07) is 13.2. The Bertz CT molecular complexity index is 1000. The van der Waals surface area contributed by atoms with Gasteiger partial charge in [0.1, 0.15) is 16.9 Å². The summed E-state index contributed by atoms with van der Waals surface area (Å²) in [4.78, 5) is 4.38. The number of pyridine rings is 1. The van der Waals surface area contributed by atoms with Crippen LogP contribution in [0.5, 0.6) is 0 Å². The molecule has 0 aliphatic carbocycles. The van der Waals surface area contributed by atoms with E-state index in [4.69, 9.17) is 0 Å². The number of hydrogen-bond acceptors (Lipinski definition) is 2. The molecular weight excluding hydrogens is 289 g/mol. The molecule has 2 aromatic carbocycles. The summed E-state index contributed by atoms with van der Waals surface area (Å²) in [7, 11) is 0. The minimum atomic E-state index is -0.174. The van der Waals surface area contributed by atoms with Gasteiger partial charge in [-0.25, -0.2) is 4.39 Å². The first-order valence-corrected chi connectivity index (χ1v) is 7.74. The van der Waals surface area contributed by atoms with Gasteiger partial charge in [0.2, 0.25) is 0 Å². The Hall–Kier alpha value is -2.75. The molecule has 0 saturated heterocycles. The molecule has 0 amide bonds. The number of aromatic amines is 1. The zero-order valence-corrected chi connectivity index (χ0v) is 12.8. The number of nitrogens with one attached hydrogen (secondary N) is 1. The summed E-state index contributed by atoms with van der Waals surface area (Å²) < 4.78 is 14.2. The van der Waals surface area contributed by atoms with E-state index in [1.165, 1.54) is 5.56 Å². The smallest absolute Gasteiger partial charge is 0.131 e. The number of halogens is 1. The van der Waals surface area contributed by atoms with Crippen molar-refractivity contribution >= 4 is 21.8 Å². The summed E-state index contributed by atoms with van der Waals surface area (Å²) in [5, 5.41) is 8.97. The van der Waals surface area contributed by atoms with E-state index < -0.39 is 0 Å². The highest BCUT2D eigenvalue weighted by molar-refractivity contribution is 5.87. The number of aromatic nitrogens is 3. The summed E-state index contributed by atoms with van der Waals surface area (Å²) in [5.41, 5.74) is 4.88. The van der Waals surface area contributed by atoms with Crippen molar-refractivity contribution in [2.24, 2.45) is 0 Å². The van der Waals surface area contributed by atoms with Crippen LogP contribution in [0.1, 0.15) is 23.7 Å². The molecule has 0 radical (unpaired) electrons. The number of benzene rings is 2. The van der Waals surface area contributed by atoms with Gasteiger partial charge in [0.25, 0.3) is 0 Å². The molecule has 0 fully saturated rings. The Morgan fingerprint density at radius 1 is 1.09 bits per heavy atom. The molecule has 0 unspecified atom stereocenters. The van der Waals surface area contributed by atoms with Crippen LogP contribution in [0.2, 0.25) is 0 Å². The van der Waals surface area contributed by atoms with Crippen molar-refractivity contribution in [1.29, 1.82) is 0 Å². The Labute approximate surface area is 133 Å². The fraction of sp³-hybridized carbons (Fsp3) is 0.158. The maximum Gasteiger partial charge on any atom is 0.131 e. The van der Waals surface area contributed by atoms with Gasteiger partial charge in [0.05, 0.1) is 5.69 Å². The fourth-order valence-electron chi connectivity index (χ4n) is 3.07. The molecule has 2 heterocycles. The van der Waals surface area contributed by atoms with E-state index in [0.29, 0.717) is 11.8 Å². The second kappa shape index (κ2) is 5.47. The molecular formula is C19H16FN3. The molecule has 1 N–H and O–H groups in total. The number of H-pyrrole nitrogens is 1. The highest BCUT2D eigenvalue weighted by atomic mass is 19.1. The number of aryl methyl sites for hydroxylation is 1. The van der Waals surface area contributed by atoms with Crippen molar-refractivity contribution in [3.63, 3.8) is 0 Å². The molecule has 3 nitrogen and oxygen atoms in total. The van der Waals surface area contributed by atoms with Crippen molar-refractivity contribution < 1.29 is 4.39 Å². The average Bonchev–Trinajstić information content (AvgIpc) is 2.99. The summed E-state index contributed by atoms with van der Waals surface area (Å²) in [5.74, 6) is -0.174. The van der Waals surface area contributed by atoms with Crippen LogP contribution in [0.15, 0.2) is 48.7 Å². The Morgan fingerprint density at radius 3 is 2.87 bits per heavy atom. The standard InChI is InChI=1S/C19H16FN3/c1-2-13-6-8-16(20)15-10-12(5-7-14(13)15)11-18-19-17(22-23-18)4-3-9-21-19/h3-10H,2,11H2,1H3,(H,22,23). The third-order valence-corrected chi connectivity index (χ3v) is 4.26. The van der Waals surface area contributed by atoms with Crippen molar-refractivity contribution in [2.75, 3.05) is 0 Å². The van der Waals surface area contributed by atoms with E-state index in [1.54, 1.807) is 12.3 Å². The van der Waals surface area contributed by atoms with E-state index in [-0.39, 0.29) is 5.82 Å². The van der Waals surface area contributed by atoms with Crippen molar-refractivity contribution in [3.05, 3.63) is 71.3 Å². The molecule has 0 aliphatic rings. The van der Waals surface area contributed by atoms with Crippen LogP contribution in [-0.4, -0.2) is 15.2 Å². The lowest BCUT2D eigenvalue weighted by atomic mass is 9.98. The molecule has 0 spiro atoms. The molecule has 4 rings (SSSR count). The molecule has 4 heteroatoms. The van der Waals surface area contributed by atoms with E-state index >= 15 is 0 Å². The van der Waals surface area contributed by atoms with Crippen LogP contribution < -0.4 is 0 Å². The van der Waals surface area contributed by atoms with Gasteiger partial charge in [0.15, 0.2) is 0 Å². The zero-order chi connectivity index (χ0) is 15.8. The van der Waals surface area contributed by atoms with Crippen LogP contribution in [0.25, 0.3) is 21.8 Å². The maximum absolute atomic E-state index is 14.2. The third-order valence-electron chi connectivity index (χ3n) is 4.26. The molecule has 0 bridgehead atoms. The van der Waals surface area contributed by atoms with E-state index in [9.17, 15) is 4.39 Å². The zero-order valence-electron chi connectivity index (χ0n) is 12.8. The van der Waals surface area contributed by atoms with Crippen LogP contribution >= 0.6 is 0 Å². The van der Waals surface area contributed by atoms with Crippen molar-refractivity contribution in [1.82, 2.24) is 15.2 Å². The topological polar surface area (TPSA) is 41.6 Å². The van der Waals surface area contributed by atoms with E-state index in [0.717, 1.165) is 34.1 Å². The summed E-state index contributed by atoms with van der Waals surface area (Å²) in [6.07, 6.45) is 3.30. The van der Waals surface area contributed by atoms with Gasteiger partial charge in [-0.15, -0.1) is 0 Å². The van der Waals surface area contributed by atoms with E-state index in [1.807, 2.05) is 30.3 Å². The largest absolute Gasteiger partial charge is 0.279 e. The first-order chi connectivity index (χ1) is 11.3. The normalized spacial score (nSPS) is 11.4. The second-order valence-electron chi connectivity index (χ2n) is 5.69.